The number of aromatic nitrogens is 3. The van der Waals surface area contributed by atoms with E-state index in [1.54, 1.807) is 10.7 Å². The minimum atomic E-state index is 0.446. The second-order valence-electron chi connectivity index (χ2n) is 2.36. The van der Waals surface area contributed by atoms with Gasteiger partial charge in [0.05, 0.1) is 0 Å². The SMILES string of the molecule is NCc1c(Br)nn2cccnc12. The molecule has 0 fully saturated rings. The van der Waals surface area contributed by atoms with Gasteiger partial charge in [-0.2, -0.15) is 5.10 Å². The number of halogens is 1. The van der Waals surface area contributed by atoms with Crippen molar-refractivity contribution in [2.75, 3.05) is 0 Å². The number of fused-ring (bicyclic) bond motifs is 1. The fourth-order valence-corrected chi connectivity index (χ4v) is 1.59. The summed E-state index contributed by atoms with van der Waals surface area (Å²) in [6.45, 7) is 0.446. The van der Waals surface area contributed by atoms with Crippen LogP contribution >= 0.6 is 15.9 Å². The predicted molar refractivity (Wildman–Crippen MR) is 48.6 cm³/mol. The molecular formula is C7H7BrN4. The van der Waals surface area contributed by atoms with E-state index in [1.807, 2.05) is 12.3 Å². The zero-order valence-corrected chi connectivity index (χ0v) is 7.82. The molecule has 62 valence electrons. The normalized spacial score (nSPS) is 10.8. The first-order valence-corrected chi connectivity index (χ1v) is 4.30. The Morgan fingerprint density at radius 1 is 1.58 bits per heavy atom. The van der Waals surface area contributed by atoms with Crippen molar-refractivity contribution in [2.45, 2.75) is 6.54 Å². The third-order valence-electron chi connectivity index (χ3n) is 1.65. The van der Waals surface area contributed by atoms with Gasteiger partial charge in [-0.25, -0.2) is 9.50 Å². The third-order valence-corrected chi connectivity index (χ3v) is 2.28. The Bertz CT molecular complexity index is 409. The number of nitrogens with zero attached hydrogens (tertiary/aromatic N) is 3. The first-order chi connectivity index (χ1) is 5.83. The molecule has 2 aromatic rings. The molecule has 0 spiro atoms. The zero-order valence-electron chi connectivity index (χ0n) is 6.24. The molecule has 0 amide bonds. The monoisotopic (exact) mass is 226 g/mol. The van der Waals surface area contributed by atoms with Crippen LogP contribution in [0.5, 0.6) is 0 Å². The van der Waals surface area contributed by atoms with Crippen molar-refractivity contribution in [1.82, 2.24) is 14.6 Å². The van der Waals surface area contributed by atoms with E-state index in [2.05, 4.69) is 26.0 Å². The number of nitrogens with two attached hydrogens (primary N) is 1. The highest BCUT2D eigenvalue weighted by Gasteiger charge is 2.08. The summed E-state index contributed by atoms with van der Waals surface area (Å²) in [5.41, 5.74) is 7.29. The van der Waals surface area contributed by atoms with Crippen molar-refractivity contribution in [3.05, 3.63) is 28.6 Å². The fraction of sp³-hybridized carbons (Fsp3) is 0.143. The minimum Gasteiger partial charge on any atom is -0.326 e. The summed E-state index contributed by atoms with van der Waals surface area (Å²) in [6, 6.07) is 1.83. The molecule has 0 radical (unpaired) electrons. The molecule has 0 saturated carbocycles. The molecule has 2 heterocycles. The van der Waals surface area contributed by atoms with Gasteiger partial charge in [-0.15, -0.1) is 0 Å². The van der Waals surface area contributed by atoms with Gasteiger partial charge in [0.25, 0.3) is 0 Å². The van der Waals surface area contributed by atoms with Crippen molar-refractivity contribution in [2.24, 2.45) is 5.73 Å². The summed E-state index contributed by atoms with van der Waals surface area (Å²) in [5.74, 6) is 0. The second-order valence-corrected chi connectivity index (χ2v) is 3.11. The van der Waals surface area contributed by atoms with Gasteiger partial charge < -0.3 is 5.73 Å². The van der Waals surface area contributed by atoms with Crippen molar-refractivity contribution in [3.63, 3.8) is 0 Å². The molecule has 0 aliphatic rings. The van der Waals surface area contributed by atoms with Crippen LogP contribution in [0, 0.1) is 0 Å². The van der Waals surface area contributed by atoms with Crippen molar-refractivity contribution < 1.29 is 0 Å². The van der Waals surface area contributed by atoms with E-state index in [0.717, 1.165) is 15.8 Å². The molecule has 0 bridgehead atoms. The Kier molecular flexibility index (Phi) is 1.82. The van der Waals surface area contributed by atoms with E-state index in [0.29, 0.717) is 6.54 Å². The van der Waals surface area contributed by atoms with Crippen LogP contribution in [0.4, 0.5) is 0 Å². The largest absolute Gasteiger partial charge is 0.326 e. The fourth-order valence-electron chi connectivity index (χ4n) is 1.08. The molecule has 12 heavy (non-hydrogen) atoms. The molecule has 5 heteroatoms. The summed E-state index contributed by atoms with van der Waals surface area (Å²) >= 11 is 3.32. The standard InChI is InChI=1S/C7H7BrN4/c8-6-5(4-9)7-10-2-1-3-12(7)11-6/h1-3H,4,9H2. The summed E-state index contributed by atoms with van der Waals surface area (Å²) in [5, 5.41) is 4.17. The van der Waals surface area contributed by atoms with E-state index >= 15 is 0 Å². The van der Waals surface area contributed by atoms with E-state index < -0.39 is 0 Å². The predicted octanol–water partition coefficient (Wildman–Crippen LogP) is 0.951. The van der Waals surface area contributed by atoms with Crippen molar-refractivity contribution in [1.29, 1.82) is 0 Å². The lowest BCUT2D eigenvalue weighted by Gasteiger charge is -1.91. The molecule has 0 atom stereocenters. The second kappa shape index (κ2) is 2.84. The average molecular weight is 227 g/mol. The van der Waals surface area contributed by atoms with Crippen LogP contribution in [0.2, 0.25) is 0 Å². The number of hydrogen-bond acceptors (Lipinski definition) is 3. The van der Waals surface area contributed by atoms with Gasteiger partial charge in [-0.05, 0) is 22.0 Å². The molecule has 0 aromatic carbocycles. The van der Waals surface area contributed by atoms with Crippen LogP contribution in [-0.4, -0.2) is 14.6 Å². The van der Waals surface area contributed by atoms with Crippen LogP contribution in [0.3, 0.4) is 0 Å². The van der Waals surface area contributed by atoms with Crippen LogP contribution < -0.4 is 5.73 Å². The zero-order chi connectivity index (χ0) is 8.55. The van der Waals surface area contributed by atoms with Crippen molar-refractivity contribution >= 4 is 21.6 Å². The molecule has 0 unspecified atom stereocenters. The lowest BCUT2D eigenvalue weighted by molar-refractivity contribution is 0.927. The maximum atomic E-state index is 5.54. The van der Waals surface area contributed by atoms with E-state index in [-0.39, 0.29) is 0 Å². The quantitative estimate of drug-likeness (QED) is 0.788. The highest BCUT2D eigenvalue weighted by molar-refractivity contribution is 9.10. The molecule has 0 aliphatic carbocycles. The lowest BCUT2D eigenvalue weighted by atomic mass is 10.3. The summed E-state index contributed by atoms with van der Waals surface area (Å²) < 4.78 is 2.47. The highest BCUT2D eigenvalue weighted by atomic mass is 79.9. The molecular weight excluding hydrogens is 220 g/mol. The highest BCUT2D eigenvalue weighted by Crippen LogP contribution is 2.17. The Morgan fingerprint density at radius 3 is 3.17 bits per heavy atom. The number of hydrogen-bond donors (Lipinski definition) is 1. The maximum Gasteiger partial charge on any atom is 0.160 e. The summed E-state index contributed by atoms with van der Waals surface area (Å²) in [7, 11) is 0. The average Bonchev–Trinajstić information content (AvgIpc) is 2.40. The number of rotatable bonds is 1. The smallest absolute Gasteiger partial charge is 0.160 e. The van der Waals surface area contributed by atoms with Crippen LogP contribution in [0.25, 0.3) is 5.65 Å². The first kappa shape index (κ1) is 7.70. The molecule has 4 nitrogen and oxygen atoms in total. The van der Waals surface area contributed by atoms with Crippen LogP contribution in [0.1, 0.15) is 5.56 Å². The molecule has 0 saturated heterocycles. The third kappa shape index (κ3) is 1.02. The lowest BCUT2D eigenvalue weighted by Crippen LogP contribution is -1.97. The van der Waals surface area contributed by atoms with Gasteiger partial charge >= 0.3 is 0 Å². The van der Waals surface area contributed by atoms with E-state index in [9.17, 15) is 0 Å². The van der Waals surface area contributed by atoms with E-state index in [1.165, 1.54) is 0 Å². The minimum absolute atomic E-state index is 0.446. The Morgan fingerprint density at radius 2 is 2.42 bits per heavy atom. The van der Waals surface area contributed by atoms with Gasteiger partial charge in [0, 0.05) is 24.5 Å². The molecule has 0 aliphatic heterocycles. The van der Waals surface area contributed by atoms with Gasteiger partial charge in [0.2, 0.25) is 0 Å². The van der Waals surface area contributed by atoms with Gasteiger partial charge in [0.15, 0.2) is 5.65 Å². The van der Waals surface area contributed by atoms with Gasteiger partial charge in [-0.1, -0.05) is 0 Å². The van der Waals surface area contributed by atoms with E-state index in [4.69, 9.17) is 5.73 Å². The van der Waals surface area contributed by atoms with Gasteiger partial charge in [0.1, 0.15) is 4.60 Å². The molecule has 2 aromatic heterocycles. The van der Waals surface area contributed by atoms with Crippen LogP contribution in [-0.2, 0) is 6.54 Å². The summed E-state index contributed by atoms with van der Waals surface area (Å²) in [4.78, 5) is 4.16. The molecule has 2 rings (SSSR count). The maximum absolute atomic E-state index is 5.54. The van der Waals surface area contributed by atoms with Gasteiger partial charge in [-0.3, -0.25) is 0 Å². The topological polar surface area (TPSA) is 56.2 Å². The Balaban J connectivity index is 2.81. The Hall–Kier alpha value is -0.940. The molecule has 2 N–H and O–H groups in total. The van der Waals surface area contributed by atoms with Crippen molar-refractivity contribution in [3.8, 4) is 0 Å². The Labute approximate surface area is 77.5 Å². The van der Waals surface area contributed by atoms with Crippen LogP contribution in [0.15, 0.2) is 23.1 Å². The summed E-state index contributed by atoms with van der Waals surface area (Å²) in [6.07, 6.45) is 3.56. The first-order valence-electron chi connectivity index (χ1n) is 3.50.